The molecule has 2 aliphatic heterocycles. The first-order valence-electron chi connectivity index (χ1n) is 9.10. The maximum absolute atomic E-state index is 12.7. The van der Waals surface area contributed by atoms with Gasteiger partial charge in [-0.2, -0.15) is 0 Å². The molecule has 0 aliphatic carbocycles. The molecular weight excluding hydrogens is 286 g/mol. The van der Waals surface area contributed by atoms with Crippen LogP contribution in [0.5, 0.6) is 0 Å². The van der Waals surface area contributed by atoms with Crippen LogP contribution in [0, 0.1) is 5.92 Å². The molecule has 0 saturated carbocycles. The maximum Gasteiger partial charge on any atom is 0.255 e. The van der Waals surface area contributed by atoms with Crippen molar-refractivity contribution >= 4 is 11.6 Å². The van der Waals surface area contributed by atoms with Gasteiger partial charge in [0.1, 0.15) is 0 Å². The first-order valence-corrected chi connectivity index (χ1v) is 9.10. The Bertz CT molecular complexity index is 523. The van der Waals surface area contributed by atoms with E-state index in [0.717, 1.165) is 26.1 Å². The minimum absolute atomic E-state index is 0.101. The van der Waals surface area contributed by atoms with Gasteiger partial charge >= 0.3 is 0 Å². The van der Waals surface area contributed by atoms with Crippen LogP contribution in [0.2, 0.25) is 0 Å². The van der Waals surface area contributed by atoms with Crippen molar-refractivity contribution in [3.05, 3.63) is 29.8 Å². The molecule has 4 nitrogen and oxygen atoms in total. The number of benzene rings is 1. The molecule has 1 amide bonds. The van der Waals surface area contributed by atoms with Crippen LogP contribution in [-0.4, -0.2) is 48.4 Å². The number of nitrogen functional groups attached to an aromatic ring is 1. The van der Waals surface area contributed by atoms with Crippen molar-refractivity contribution in [2.45, 2.75) is 38.5 Å². The molecule has 0 aromatic heterocycles. The lowest BCUT2D eigenvalue weighted by Gasteiger charge is -2.35. The molecule has 1 unspecified atom stereocenters. The van der Waals surface area contributed by atoms with Gasteiger partial charge in [-0.1, -0.05) is 25.0 Å². The molecule has 2 heterocycles. The predicted octanol–water partition coefficient (Wildman–Crippen LogP) is 3.00. The summed E-state index contributed by atoms with van der Waals surface area (Å²) in [5, 5.41) is 0. The Morgan fingerprint density at radius 1 is 1.04 bits per heavy atom. The average molecular weight is 315 g/mol. The molecule has 23 heavy (non-hydrogen) atoms. The number of amides is 1. The smallest absolute Gasteiger partial charge is 0.255 e. The van der Waals surface area contributed by atoms with E-state index in [4.69, 9.17) is 5.73 Å². The van der Waals surface area contributed by atoms with Crippen LogP contribution in [0.1, 0.15) is 48.9 Å². The highest BCUT2D eigenvalue weighted by Crippen LogP contribution is 2.22. The number of hydrogen-bond acceptors (Lipinski definition) is 3. The van der Waals surface area contributed by atoms with Gasteiger partial charge in [-0.05, 0) is 56.8 Å². The third-order valence-electron chi connectivity index (χ3n) is 5.21. The van der Waals surface area contributed by atoms with E-state index in [9.17, 15) is 4.79 Å². The number of nitrogens with zero attached hydrogens (tertiary/aromatic N) is 2. The summed E-state index contributed by atoms with van der Waals surface area (Å²) < 4.78 is 0. The van der Waals surface area contributed by atoms with E-state index >= 15 is 0 Å². The molecule has 1 aromatic rings. The first kappa shape index (κ1) is 16.3. The Balaban J connectivity index is 1.59. The average Bonchev–Trinajstić information content (AvgIpc) is 2.84. The minimum atomic E-state index is 0.101. The highest BCUT2D eigenvalue weighted by Gasteiger charge is 2.26. The zero-order valence-corrected chi connectivity index (χ0v) is 14.0. The van der Waals surface area contributed by atoms with Crippen LogP contribution >= 0.6 is 0 Å². The number of nitrogens with two attached hydrogens (primary N) is 1. The molecule has 2 N–H and O–H groups in total. The molecule has 2 saturated heterocycles. The van der Waals surface area contributed by atoms with E-state index in [-0.39, 0.29) is 5.91 Å². The number of likely N-dealkylation sites (tertiary alicyclic amines) is 2. The van der Waals surface area contributed by atoms with Gasteiger partial charge in [0.05, 0.1) is 5.56 Å². The quantitative estimate of drug-likeness (QED) is 0.872. The number of anilines is 1. The zero-order valence-electron chi connectivity index (χ0n) is 14.0. The molecule has 0 bridgehead atoms. The van der Waals surface area contributed by atoms with Crippen molar-refractivity contribution in [3.63, 3.8) is 0 Å². The highest BCUT2D eigenvalue weighted by molar-refractivity contribution is 5.99. The van der Waals surface area contributed by atoms with Gasteiger partial charge in [-0.25, -0.2) is 0 Å². The Morgan fingerprint density at radius 3 is 2.52 bits per heavy atom. The second-order valence-corrected chi connectivity index (χ2v) is 7.06. The summed E-state index contributed by atoms with van der Waals surface area (Å²) in [6.45, 7) is 5.35. The summed E-state index contributed by atoms with van der Waals surface area (Å²) in [6, 6.07) is 7.43. The molecule has 126 valence electrons. The number of carbonyl (C=O) groups is 1. The van der Waals surface area contributed by atoms with Gasteiger partial charge in [0, 0.05) is 25.3 Å². The summed E-state index contributed by atoms with van der Waals surface area (Å²) >= 11 is 0. The van der Waals surface area contributed by atoms with Crippen LogP contribution in [0.4, 0.5) is 5.69 Å². The Kier molecular flexibility index (Phi) is 5.55. The van der Waals surface area contributed by atoms with Crippen LogP contribution in [0.25, 0.3) is 0 Å². The van der Waals surface area contributed by atoms with E-state index in [2.05, 4.69) is 4.90 Å². The number of piperidine rings is 1. The molecule has 2 aliphatic rings. The van der Waals surface area contributed by atoms with Crippen LogP contribution < -0.4 is 5.73 Å². The maximum atomic E-state index is 12.7. The van der Waals surface area contributed by atoms with Crippen LogP contribution in [0.3, 0.4) is 0 Å². The molecule has 0 radical (unpaired) electrons. The van der Waals surface area contributed by atoms with E-state index in [1.165, 1.54) is 45.2 Å². The fourth-order valence-electron chi connectivity index (χ4n) is 3.94. The van der Waals surface area contributed by atoms with E-state index in [1.807, 2.05) is 29.2 Å². The topological polar surface area (TPSA) is 49.6 Å². The van der Waals surface area contributed by atoms with Crippen LogP contribution in [-0.2, 0) is 0 Å². The monoisotopic (exact) mass is 315 g/mol. The van der Waals surface area contributed by atoms with Gasteiger partial charge in [0.15, 0.2) is 0 Å². The molecule has 0 spiro atoms. The normalized spacial score (nSPS) is 23.5. The number of hydrogen-bond donors (Lipinski definition) is 1. The lowest BCUT2D eigenvalue weighted by molar-refractivity contribution is 0.0642. The van der Waals surface area contributed by atoms with Gasteiger partial charge in [-0.3, -0.25) is 4.79 Å². The molecule has 2 fully saturated rings. The summed E-state index contributed by atoms with van der Waals surface area (Å²) in [4.78, 5) is 17.4. The Morgan fingerprint density at radius 2 is 1.78 bits per heavy atom. The summed E-state index contributed by atoms with van der Waals surface area (Å²) in [6.07, 6.45) is 7.76. The fourth-order valence-corrected chi connectivity index (χ4v) is 3.94. The van der Waals surface area contributed by atoms with Crippen molar-refractivity contribution in [3.8, 4) is 0 Å². The molecule has 4 heteroatoms. The largest absolute Gasteiger partial charge is 0.398 e. The fraction of sp³-hybridized carbons (Fsp3) is 0.632. The molecule has 3 rings (SSSR count). The summed E-state index contributed by atoms with van der Waals surface area (Å²) in [5.74, 6) is 0.708. The Hall–Kier alpha value is -1.55. The third kappa shape index (κ3) is 4.25. The minimum Gasteiger partial charge on any atom is -0.398 e. The number of para-hydroxylation sites is 1. The SMILES string of the molecule is Nc1ccccc1C(=O)N1CCCC(CN2CCCCCC2)C1. The van der Waals surface area contributed by atoms with Crippen molar-refractivity contribution in [2.75, 3.05) is 38.5 Å². The second kappa shape index (κ2) is 7.82. The van der Waals surface area contributed by atoms with Gasteiger partial charge in [0.2, 0.25) is 0 Å². The van der Waals surface area contributed by atoms with Crippen molar-refractivity contribution in [1.82, 2.24) is 9.80 Å². The molecule has 1 aromatic carbocycles. The van der Waals surface area contributed by atoms with Crippen molar-refractivity contribution in [1.29, 1.82) is 0 Å². The molecular formula is C19H29N3O. The predicted molar refractivity (Wildman–Crippen MR) is 94.4 cm³/mol. The second-order valence-electron chi connectivity index (χ2n) is 7.06. The van der Waals surface area contributed by atoms with E-state index in [0.29, 0.717) is 17.2 Å². The van der Waals surface area contributed by atoms with Gasteiger partial charge in [-0.15, -0.1) is 0 Å². The number of rotatable bonds is 3. The van der Waals surface area contributed by atoms with Gasteiger partial charge in [0.25, 0.3) is 5.91 Å². The van der Waals surface area contributed by atoms with Crippen LogP contribution in [0.15, 0.2) is 24.3 Å². The summed E-state index contributed by atoms with van der Waals surface area (Å²) in [5.41, 5.74) is 7.22. The van der Waals surface area contributed by atoms with Gasteiger partial charge < -0.3 is 15.5 Å². The van der Waals surface area contributed by atoms with Crippen molar-refractivity contribution < 1.29 is 4.79 Å². The lowest BCUT2D eigenvalue weighted by Crippen LogP contribution is -2.44. The van der Waals surface area contributed by atoms with Crippen molar-refractivity contribution in [2.24, 2.45) is 5.92 Å². The van der Waals surface area contributed by atoms with E-state index < -0.39 is 0 Å². The Labute approximate surface area is 139 Å². The lowest BCUT2D eigenvalue weighted by atomic mass is 9.96. The summed E-state index contributed by atoms with van der Waals surface area (Å²) in [7, 11) is 0. The highest BCUT2D eigenvalue weighted by atomic mass is 16.2. The number of carbonyl (C=O) groups excluding carboxylic acids is 1. The first-order chi connectivity index (χ1) is 11.2. The molecule has 1 atom stereocenters. The standard InChI is InChI=1S/C19H29N3O/c20-18-10-4-3-9-17(18)19(23)22-13-7-8-16(15-22)14-21-11-5-1-2-6-12-21/h3-4,9-10,16H,1-2,5-8,11-15,20H2. The van der Waals surface area contributed by atoms with E-state index in [1.54, 1.807) is 0 Å². The third-order valence-corrected chi connectivity index (χ3v) is 5.21. The zero-order chi connectivity index (χ0) is 16.1.